The van der Waals surface area contributed by atoms with Crippen molar-refractivity contribution in [3.63, 3.8) is 0 Å². The molecule has 132 valence electrons. The molecule has 0 unspecified atom stereocenters. The van der Waals surface area contributed by atoms with Crippen LogP contribution in [0.25, 0.3) is 16.9 Å². The van der Waals surface area contributed by atoms with Crippen molar-refractivity contribution in [3.8, 4) is 11.3 Å². The average molecular weight is 343 g/mol. The van der Waals surface area contributed by atoms with Gasteiger partial charge >= 0.3 is 0 Å². The summed E-state index contributed by atoms with van der Waals surface area (Å²) in [5.74, 6) is 1.90. The Morgan fingerprint density at radius 3 is 2.38 bits per heavy atom. The topological polar surface area (TPSA) is 16.4 Å². The van der Waals surface area contributed by atoms with Gasteiger partial charge < -0.3 is 9.32 Å². The first-order valence-corrected chi connectivity index (χ1v) is 9.19. The van der Waals surface area contributed by atoms with Crippen molar-refractivity contribution in [3.05, 3.63) is 82.6 Å². The monoisotopic (exact) mass is 343 g/mol. The van der Waals surface area contributed by atoms with Gasteiger partial charge in [-0.1, -0.05) is 35.9 Å². The Labute approximate surface area is 155 Å². The highest BCUT2D eigenvalue weighted by atomic mass is 16.3. The summed E-state index contributed by atoms with van der Waals surface area (Å²) in [7, 11) is 2.16. The summed E-state index contributed by atoms with van der Waals surface area (Å²) in [5, 5.41) is 0. The summed E-state index contributed by atoms with van der Waals surface area (Å²) in [6.07, 6.45) is 3.31. The van der Waals surface area contributed by atoms with Crippen LogP contribution in [0.4, 0.5) is 5.69 Å². The number of nitrogens with zero attached hydrogens (tertiary/aromatic N) is 1. The van der Waals surface area contributed by atoms with Crippen molar-refractivity contribution in [1.82, 2.24) is 0 Å². The van der Waals surface area contributed by atoms with E-state index in [0.29, 0.717) is 0 Å². The maximum atomic E-state index is 5.90. The highest BCUT2D eigenvalue weighted by molar-refractivity contribution is 5.85. The fourth-order valence-corrected chi connectivity index (χ4v) is 3.66. The van der Waals surface area contributed by atoms with Crippen LogP contribution >= 0.6 is 0 Å². The average Bonchev–Trinajstić information content (AvgIpc) is 3.05. The van der Waals surface area contributed by atoms with E-state index in [1.807, 2.05) is 13.0 Å². The van der Waals surface area contributed by atoms with E-state index in [-0.39, 0.29) is 0 Å². The van der Waals surface area contributed by atoms with Crippen LogP contribution in [-0.2, 0) is 6.42 Å². The molecule has 0 bridgehead atoms. The zero-order valence-electron chi connectivity index (χ0n) is 16.0. The Kier molecular flexibility index (Phi) is 4.20. The molecule has 0 spiro atoms. The third-order valence-corrected chi connectivity index (χ3v) is 5.23. The normalized spacial score (nSPS) is 13.5. The van der Waals surface area contributed by atoms with E-state index < -0.39 is 0 Å². The molecule has 1 aliphatic rings. The Balaban J connectivity index is 1.77. The molecule has 0 radical (unpaired) electrons. The third-order valence-electron chi connectivity index (χ3n) is 5.23. The number of likely N-dealkylation sites (N-methyl/N-ethyl adjacent to an activating group) is 1. The van der Waals surface area contributed by atoms with Crippen LogP contribution in [0.2, 0.25) is 0 Å². The summed E-state index contributed by atoms with van der Waals surface area (Å²) in [6, 6.07) is 17.6. The molecule has 0 N–H and O–H groups in total. The molecule has 2 heterocycles. The van der Waals surface area contributed by atoms with E-state index in [2.05, 4.69) is 74.3 Å². The van der Waals surface area contributed by atoms with Crippen LogP contribution in [-0.4, -0.2) is 13.6 Å². The van der Waals surface area contributed by atoms with Crippen LogP contribution in [0.15, 0.2) is 59.0 Å². The summed E-state index contributed by atoms with van der Waals surface area (Å²) >= 11 is 0. The van der Waals surface area contributed by atoms with Gasteiger partial charge in [-0.2, -0.15) is 0 Å². The molecule has 26 heavy (non-hydrogen) atoms. The van der Waals surface area contributed by atoms with Gasteiger partial charge in [-0.3, -0.25) is 0 Å². The van der Waals surface area contributed by atoms with Gasteiger partial charge in [0.15, 0.2) is 0 Å². The first kappa shape index (κ1) is 16.7. The van der Waals surface area contributed by atoms with E-state index in [4.69, 9.17) is 4.42 Å². The van der Waals surface area contributed by atoms with E-state index in [0.717, 1.165) is 24.5 Å². The third kappa shape index (κ3) is 3.08. The van der Waals surface area contributed by atoms with Gasteiger partial charge in [-0.25, -0.2) is 0 Å². The zero-order valence-corrected chi connectivity index (χ0v) is 16.0. The fourth-order valence-electron chi connectivity index (χ4n) is 3.66. The molecule has 3 aromatic rings. The quantitative estimate of drug-likeness (QED) is 0.584. The molecule has 2 aromatic carbocycles. The summed E-state index contributed by atoms with van der Waals surface area (Å²) < 4.78 is 5.90. The molecule has 1 aliphatic heterocycles. The molecule has 0 saturated carbocycles. The maximum absolute atomic E-state index is 5.90. The number of fused-ring (bicyclic) bond motifs is 1. The number of aryl methyl sites for hydroxylation is 3. The summed E-state index contributed by atoms with van der Waals surface area (Å²) in [4.78, 5) is 2.32. The number of furan rings is 1. The predicted octanol–water partition coefficient (Wildman–Crippen LogP) is 5.95. The van der Waals surface area contributed by atoms with Crippen molar-refractivity contribution >= 4 is 11.3 Å². The van der Waals surface area contributed by atoms with Gasteiger partial charge in [0.25, 0.3) is 0 Å². The Morgan fingerprint density at radius 1 is 0.923 bits per heavy atom. The second-order valence-corrected chi connectivity index (χ2v) is 7.37. The molecule has 1 aromatic heterocycles. The van der Waals surface area contributed by atoms with Gasteiger partial charge in [-0.05, 0) is 68.2 Å². The van der Waals surface area contributed by atoms with Crippen molar-refractivity contribution in [1.29, 1.82) is 0 Å². The van der Waals surface area contributed by atoms with Gasteiger partial charge in [0.05, 0.1) is 0 Å². The number of hydrogen-bond acceptors (Lipinski definition) is 2. The summed E-state index contributed by atoms with van der Waals surface area (Å²) in [5.41, 5.74) is 9.11. The molecule has 0 aliphatic carbocycles. The first-order chi connectivity index (χ1) is 12.5. The van der Waals surface area contributed by atoms with E-state index in [1.54, 1.807) is 0 Å². The van der Waals surface area contributed by atoms with Crippen LogP contribution in [0.3, 0.4) is 0 Å². The molecule has 0 fully saturated rings. The lowest BCUT2D eigenvalue weighted by molar-refractivity contribution is 0.548. The molecule has 0 amide bonds. The summed E-state index contributed by atoms with van der Waals surface area (Å²) in [6.45, 7) is 7.24. The highest BCUT2D eigenvalue weighted by Crippen LogP contribution is 2.38. The minimum absolute atomic E-state index is 0.949. The van der Waals surface area contributed by atoms with Crippen LogP contribution in [0.5, 0.6) is 0 Å². The van der Waals surface area contributed by atoms with E-state index in [1.165, 1.54) is 39.1 Å². The molecular formula is C24H25NO. The molecular weight excluding hydrogens is 318 g/mol. The Morgan fingerprint density at radius 2 is 1.69 bits per heavy atom. The SMILES string of the molecule is Cc1ccc(CC2=CCN(C)c3cc(C)c(-c4ccc(C)o4)cc32)cc1. The standard InChI is InChI=1S/C24H25NO/c1-16-5-8-19(9-6-16)14-20-11-12-25(4)23-13-17(2)21(15-22(20)23)24-10-7-18(3)26-24/h5-11,13,15H,12,14H2,1-4H3. The minimum atomic E-state index is 0.949. The van der Waals surface area contributed by atoms with Crippen molar-refractivity contribution in [2.75, 3.05) is 18.5 Å². The zero-order chi connectivity index (χ0) is 18.3. The number of anilines is 1. The lowest BCUT2D eigenvalue weighted by Gasteiger charge is -2.29. The number of rotatable bonds is 3. The fraction of sp³-hybridized carbons (Fsp3) is 0.250. The van der Waals surface area contributed by atoms with Gasteiger partial charge in [0.1, 0.15) is 11.5 Å². The van der Waals surface area contributed by atoms with Gasteiger partial charge in [0, 0.05) is 30.4 Å². The van der Waals surface area contributed by atoms with E-state index in [9.17, 15) is 0 Å². The molecule has 2 nitrogen and oxygen atoms in total. The van der Waals surface area contributed by atoms with Crippen molar-refractivity contribution in [2.45, 2.75) is 27.2 Å². The Bertz CT molecular complexity index is 976. The molecule has 4 rings (SSSR count). The first-order valence-electron chi connectivity index (χ1n) is 9.19. The van der Waals surface area contributed by atoms with Crippen LogP contribution in [0.1, 0.15) is 28.0 Å². The number of allylic oxidation sites excluding steroid dienone is 1. The lowest BCUT2D eigenvalue weighted by atomic mass is 9.90. The van der Waals surface area contributed by atoms with Crippen LogP contribution in [0, 0.1) is 20.8 Å². The lowest BCUT2D eigenvalue weighted by Crippen LogP contribution is -2.22. The molecule has 0 atom stereocenters. The second kappa shape index (κ2) is 6.53. The van der Waals surface area contributed by atoms with Crippen LogP contribution < -0.4 is 4.90 Å². The molecule has 0 saturated heterocycles. The van der Waals surface area contributed by atoms with Crippen molar-refractivity contribution < 1.29 is 4.42 Å². The number of hydrogen-bond donors (Lipinski definition) is 0. The largest absolute Gasteiger partial charge is 0.461 e. The maximum Gasteiger partial charge on any atom is 0.134 e. The van der Waals surface area contributed by atoms with E-state index >= 15 is 0 Å². The number of benzene rings is 2. The smallest absolute Gasteiger partial charge is 0.134 e. The molecule has 2 heteroatoms. The van der Waals surface area contributed by atoms with Crippen molar-refractivity contribution in [2.24, 2.45) is 0 Å². The van der Waals surface area contributed by atoms with Gasteiger partial charge in [-0.15, -0.1) is 0 Å². The second-order valence-electron chi connectivity index (χ2n) is 7.37. The van der Waals surface area contributed by atoms with Gasteiger partial charge in [0.2, 0.25) is 0 Å². The minimum Gasteiger partial charge on any atom is -0.461 e. The predicted molar refractivity (Wildman–Crippen MR) is 110 cm³/mol. The highest BCUT2D eigenvalue weighted by Gasteiger charge is 2.20. The Hall–Kier alpha value is -2.74.